The first kappa shape index (κ1) is 16.1. The number of esters is 1. The summed E-state index contributed by atoms with van der Waals surface area (Å²) in [5.41, 5.74) is 6.09. The van der Waals surface area contributed by atoms with Crippen LogP contribution in [0.5, 0.6) is 0 Å². The van der Waals surface area contributed by atoms with Crippen molar-refractivity contribution in [3.05, 3.63) is 16.1 Å². The minimum Gasteiger partial charge on any atom is -0.469 e. The lowest BCUT2D eigenvalue weighted by Crippen LogP contribution is -2.05. The molecule has 7 heteroatoms. The lowest BCUT2D eigenvalue weighted by Gasteiger charge is -1.93. The van der Waals surface area contributed by atoms with Gasteiger partial charge in [0.05, 0.1) is 19.2 Å². The molecule has 0 amide bonds. The Kier molecular flexibility index (Phi) is 9.18. The predicted molar refractivity (Wildman–Crippen MR) is 60.2 cm³/mol. The van der Waals surface area contributed by atoms with Gasteiger partial charge in [-0.25, -0.2) is 4.98 Å². The highest BCUT2D eigenvalue weighted by molar-refractivity contribution is 7.09. The van der Waals surface area contributed by atoms with Gasteiger partial charge >= 0.3 is 5.97 Å². The first-order chi connectivity index (χ1) is 5.76. The summed E-state index contributed by atoms with van der Waals surface area (Å²) in [6, 6.07) is 0. The van der Waals surface area contributed by atoms with Gasteiger partial charge in [-0.2, -0.15) is 0 Å². The van der Waals surface area contributed by atoms with Crippen LogP contribution in [0.4, 0.5) is 0 Å². The Labute approximate surface area is 98.7 Å². The van der Waals surface area contributed by atoms with E-state index in [9.17, 15) is 4.79 Å². The molecule has 0 aliphatic carbocycles. The smallest absolute Gasteiger partial charge is 0.311 e. The Morgan fingerprint density at radius 1 is 1.64 bits per heavy atom. The molecule has 2 N–H and O–H groups in total. The van der Waals surface area contributed by atoms with Crippen molar-refractivity contribution >= 4 is 42.1 Å². The zero-order chi connectivity index (χ0) is 8.97. The first-order valence-electron chi connectivity index (χ1n) is 3.46. The molecule has 0 fully saturated rings. The minimum absolute atomic E-state index is 0. The zero-order valence-corrected chi connectivity index (χ0v) is 10.0. The summed E-state index contributed by atoms with van der Waals surface area (Å²) in [5, 5.41) is 2.66. The maximum atomic E-state index is 10.8. The number of nitrogens with zero attached hydrogens (tertiary/aromatic N) is 1. The number of nitrogens with two attached hydrogens (primary N) is 1. The fraction of sp³-hybridized carbons (Fsp3) is 0.429. The molecule has 1 aromatic heterocycles. The molecule has 0 unspecified atom stereocenters. The summed E-state index contributed by atoms with van der Waals surface area (Å²) in [7, 11) is 1.36. The van der Waals surface area contributed by atoms with Crippen molar-refractivity contribution in [2.24, 2.45) is 5.73 Å². The number of hydrogen-bond acceptors (Lipinski definition) is 5. The van der Waals surface area contributed by atoms with E-state index in [0.29, 0.717) is 6.54 Å². The van der Waals surface area contributed by atoms with E-state index in [1.165, 1.54) is 18.4 Å². The molecule has 4 nitrogen and oxygen atoms in total. The van der Waals surface area contributed by atoms with Gasteiger partial charge in [-0.1, -0.05) is 0 Å². The van der Waals surface area contributed by atoms with Gasteiger partial charge in [0.1, 0.15) is 5.01 Å². The normalized spacial score (nSPS) is 8.43. The molecule has 1 aromatic rings. The molecule has 0 saturated heterocycles. The molecule has 0 bridgehead atoms. The van der Waals surface area contributed by atoms with Crippen LogP contribution in [0.25, 0.3) is 0 Å². The van der Waals surface area contributed by atoms with Crippen LogP contribution in [0, 0.1) is 0 Å². The van der Waals surface area contributed by atoms with E-state index >= 15 is 0 Å². The molecule has 0 aromatic carbocycles. The molecule has 82 valence electrons. The van der Waals surface area contributed by atoms with Crippen molar-refractivity contribution in [1.29, 1.82) is 0 Å². The summed E-state index contributed by atoms with van der Waals surface area (Å²) < 4.78 is 4.49. The van der Waals surface area contributed by atoms with E-state index in [2.05, 4.69) is 9.72 Å². The summed E-state index contributed by atoms with van der Waals surface area (Å²) >= 11 is 1.46. The van der Waals surface area contributed by atoms with Crippen molar-refractivity contribution < 1.29 is 9.53 Å². The van der Waals surface area contributed by atoms with Crippen LogP contribution in [0.1, 0.15) is 10.7 Å². The second-order valence-electron chi connectivity index (χ2n) is 2.19. The van der Waals surface area contributed by atoms with Crippen LogP contribution in [0.15, 0.2) is 5.38 Å². The highest BCUT2D eigenvalue weighted by atomic mass is 35.5. The van der Waals surface area contributed by atoms with Crippen LogP contribution >= 0.6 is 36.2 Å². The second kappa shape index (κ2) is 7.99. The van der Waals surface area contributed by atoms with Crippen molar-refractivity contribution in [1.82, 2.24) is 4.98 Å². The van der Waals surface area contributed by atoms with Gasteiger partial charge in [0, 0.05) is 11.9 Å². The van der Waals surface area contributed by atoms with Crippen LogP contribution in [-0.4, -0.2) is 18.1 Å². The molecule has 0 radical (unpaired) electrons. The molecule has 1 heterocycles. The van der Waals surface area contributed by atoms with Gasteiger partial charge in [-0.3, -0.25) is 4.79 Å². The number of carbonyl (C=O) groups excluding carboxylic acids is 1. The zero-order valence-electron chi connectivity index (χ0n) is 7.56. The number of carbonyl (C=O) groups is 1. The standard InChI is InChI=1S/C7H10N2O2S.2ClH/c1-11-7(10)2-5-4-12-6(3-8)9-5;;/h4H,2-3,8H2,1H3;2*1H. The van der Waals surface area contributed by atoms with Crippen LogP contribution in [0.3, 0.4) is 0 Å². The highest BCUT2D eigenvalue weighted by Gasteiger charge is 2.05. The number of ether oxygens (including phenoxy) is 1. The third-order valence-electron chi connectivity index (χ3n) is 1.33. The summed E-state index contributed by atoms with van der Waals surface area (Å²) in [4.78, 5) is 14.9. The van der Waals surface area contributed by atoms with Crippen molar-refractivity contribution in [2.45, 2.75) is 13.0 Å². The van der Waals surface area contributed by atoms with Crippen molar-refractivity contribution in [3.8, 4) is 0 Å². The van der Waals surface area contributed by atoms with Gasteiger partial charge in [0.2, 0.25) is 0 Å². The fourth-order valence-electron chi connectivity index (χ4n) is 0.744. The maximum absolute atomic E-state index is 10.8. The van der Waals surface area contributed by atoms with Crippen molar-refractivity contribution in [3.63, 3.8) is 0 Å². The van der Waals surface area contributed by atoms with Gasteiger partial charge < -0.3 is 10.5 Å². The van der Waals surface area contributed by atoms with Gasteiger partial charge in [-0.15, -0.1) is 36.2 Å². The molecular weight excluding hydrogens is 247 g/mol. The average molecular weight is 259 g/mol. The van der Waals surface area contributed by atoms with Gasteiger partial charge in [0.15, 0.2) is 0 Å². The molecular formula is C7H12Cl2N2O2S. The fourth-order valence-corrected chi connectivity index (χ4v) is 1.42. The Morgan fingerprint density at radius 2 is 2.29 bits per heavy atom. The first-order valence-corrected chi connectivity index (χ1v) is 4.34. The van der Waals surface area contributed by atoms with Crippen molar-refractivity contribution in [2.75, 3.05) is 7.11 Å². The summed E-state index contributed by atoms with van der Waals surface area (Å²) in [6.45, 7) is 0.422. The maximum Gasteiger partial charge on any atom is 0.311 e. The van der Waals surface area contributed by atoms with Gasteiger partial charge in [0.25, 0.3) is 0 Å². The van der Waals surface area contributed by atoms with Crippen LogP contribution in [-0.2, 0) is 22.5 Å². The second-order valence-corrected chi connectivity index (χ2v) is 3.13. The predicted octanol–water partition coefficient (Wildman–Crippen LogP) is 1.16. The molecule has 0 saturated carbocycles. The van der Waals surface area contributed by atoms with Crippen LogP contribution < -0.4 is 5.73 Å². The van der Waals surface area contributed by atoms with E-state index < -0.39 is 0 Å². The SMILES string of the molecule is COC(=O)Cc1csc(CN)n1.Cl.Cl. The lowest BCUT2D eigenvalue weighted by molar-refractivity contribution is -0.139. The topological polar surface area (TPSA) is 65.2 Å². The van der Waals surface area contributed by atoms with Gasteiger partial charge in [-0.05, 0) is 0 Å². The van der Waals surface area contributed by atoms with E-state index in [1.807, 2.05) is 5.38 Å². The van der Waals surface area contributed by atoms with E-state index in [4.69, 9.17) is 5.73 Å². The summed E-state index contributed by atoms with van der Waals surface area (Å²) in [6.07, 6.45) is 0.229. The largest absolute Gasteiger partial charge is 0.469 e. The Morgan fingerprint density at radius 3 is 2.71 bits per heavy atom. The van der Waals surface area contributed by atoms with E-state index in [-0.39, 0.29) is 37.2 Å². The Hall–Kier alpha value is -0.360. The third-order valence-corrected chi connectivity index (χ3v) is 2.25. The molecule has 0 aliphatic rings. The molecule has 0 atom stereocenters. The monoisotopic (exact) mass is 258 g/mol. The Balaban J connectivity index is 0. The Bertz CT molecular complexity index is 280. The molecule has 14 heavy (non-hydrogen) atoms. The number of halogens is 2. The van der Waals surface area contributed by atoms with Crippen LogP contribution in [0.2, 0.25) is 0 Å². The molecule has 0 aliphatic heterocycles. The van der Waals surface area contributed by atoms with E-state index in [1.54, 1.807) is 0 Å². The van der Waals surface area contributed by atoms with E-state index in [0.717, 1.165) is 10.7 Å². The molecule has 0 spiro atoms. The summed E-state index contributed by atoms with van der Waals surface area (Å²) in [5.74, 6) is -0.274. The minimum atomic E-state index is -0.274. The number of aromatic nitrogens is 1. The number of thiazole rings is 1. The number of rotatable bonds is 3. The highest BCUT2D eigenvalue weighted by Crippen LogP contribution is 2.09. The third kappa shape index (κ3) is 4.76. The average Bonchev–Trinajstić information content (AvgIpc) is 2.52. The molecule has 1 rings (SSSR count). The lowest BCUT2D eigenvalue weighted by atomic mass is 10.3. The quantitative estimate of drug-likeness (QED) is 0.827. The number of hydrogen-bond donors (Lipinski definition) is 1. The number of methoxy groups -OCH3 is 1.